The highest BCUT2D eigenvalue weighted by Crippen LogP contribution is 2.15. The van der Waals surface area contributed by atoms with Crippen molar-refractivity contribution in [2.24, 2.45) is 17.8 Å². The van der Waals surface area contributed by atoms with E-state index >= 15 is 0 Å². The van der Waals surface area contributed by atoms with Gasteiger partial charge in [-0.25, -0.2) is 0 Å². The van der Waals surface area contributed by atoms with E-state index in [1.165, 1.54) is 77.0 Å². The van der Waals surface area contributed by atoms with Crippen molar-refractivity contribution < 1.29 is 0 Å². The van der Waals surface area contributed by atoms with Crippen molar-refractivity contribution in [2.45, 2.75) is 125 Å². The number of unbranched alkanes of at least 4 members (excludes halogenated alkanes) is 3. The monoisotopic (exact) mass is 427 g/mol. The van der Waals surface area contributed by atoms with Gasteiger partial charge in [-0.05, 0) is 63.2 Å². The Bertz CT molecular complexity index is 301. The fourth-order valence-electron chi connectivity index (χ4n) is 4.06. The Morgan fingerprint density at radius 3 is 1.00 bits per heavy atom. The summed E-state index contributed by atoms with van der Waals surface area (Å²) in [6.45, 7) is 20.0. The molecule has 0 rings (SSSR count). The summed E-state index contributed by atoms with van der Waals surface area (Å²) in [4.78, 5) is 12.1. The van der Waals surface area contributed by atoms with Gasteiger partial charge in [0.15, 0.2) is 0 Å². The molecule has 0 aromatic rings. The summed E-state index contributed by atoms with van der Waals surface area (Å²) in [5.41, 5.74) is 0. The summed E-state index contributed by atoms with van der Waals surface area (Å²) in [6.07, 6.45) is 16.0. The molecule has 0 fully saturated rings. The molecule has 3 atom stereocenters. The van der Waals surface area contributed by atoms with Crippen LogP contribution in [0.3, 0.4) is 0 Å². The zero-order chi connectivity index (χ0) is 22.0. The van der Waals surface area contributed by atoms with E-state index in [1.807, 2.05) is 0 Å². The van der Waals surface area contributed by atoms with E-state index in [4.69, 9.17) is 0 Å². The normalized spacial score (nSPS) is 17.1. The highest BCUT2D eigenvalue weighted by Gasteiger charge is 2.29. The van der Waals surface area contributed by atoms with Crippen LogP contribution in [0.25, 0.3) is 0 Å². The van der Waals surface area contributed by atoms with Crippen molar-refractivity contribution >= 4 is 8.56 Å². The maximum Gasteiger partial charge on any atom is 0.278 e. The van der Waals surface area contributed by atoms with Gasteiger partial charge >= 0.3 is 0 Å². The first-order valence-corrected chi connectivity index (χ1v) is 15.7. The molecular weight excluding hydrogens is 370 g/mol. The highest BCUT2D eigenvalue weighted by molar-refractivity contribution is 6.71. The second-order valence-corrected chi connectivity index (χ2v) is 12.8. The van der Waals surface area contributed by atoms with Crippen LogP contribution in [0.2, 0.25) is 6.55 Å². The molecule has 0 aromatic carbocycles. The molecule has 0 saturated carbocycles. The van der Waals surface area contributed by atoms with Crippen molar-refractivity contribution in [3.63, 3.8) is 0 Å². The molecule has 0 aliphatic heterocycles. The topological polar surface area (TPSA) is 36.1 Å². The maximum atomic E-state index is 4.04. The third-order valence-electron chi connectivity index (χ3n) is 6.86. The Balaban J connectivity index is 4.88. The molecular formula is C25H57N3Si. The predicted octanol–water partition coefficient (Wildman–Crippen LogP) is 6.97. The first kappa shape index (κ1) is 29.1. The summed E-state index contributed by atoms with van der Waals surface area (Å²) in [6, 6.07) is 0. The molecule has 0 radical (unpaired) electrons. The van der Waals surface area contributed by atoms with E-state index in [1.54, 1.807) is 0 Å². The zero-order valence-corrected chi connectivity index (χ0v) is 22.3. The van der Waals surface area contributed by atoms with Crippen molar-refractivity contribution in [3.05, 3.63) is 0 Å². The Labute approximate surface area is 186 Å². The SMILES string of the molecule is CCCCC(CC)CN[Si](C)(NCC(CC)CCCC)NCC(CC)CCCC. The zero-order valence-electron chi connectivity index (χ0n) is 21.3. The molecule has 3 N–H and O–H groups in total. The maximum absolute atomic E-state index is 4.04. The third kappa shape index (κ3) is 14.7. The molecule has 0 saturated heterocycles. The number of nitrogens with one attached hydrogen (secondary N) is 3. The number of rotatable bonds is 21. The fraction of sp³-hybridized carbons (Fsp3) is 1.00. The van der Waals surface area contributed by atoms with Gasteiger partial charge in [-0.1, -0.05) is 99.3 Å². The average molecular weight is 428 g/mol. The van der Waals surface area contributed by atoms with Crippen LogP contribution in [-0.4, -0.2) is 28.2 Å². The van der Waals surface area contributed by atoms with Gasteiger partial charge in [0.05, 0.1) is 0 Å². The van der Waals surface area contributed by atoms with Crippen molar-refractivity contribution in [3.8, 4) is 0 Å². The number of hydrogen-bond donors (Lipinski definition) is 3. The molecule has 29 heavy (non-hydrogen) atoms. The van der Waals surface area contributed by atoms with Crippen LogP contribution >= 0.6 is 0 Å². The van der Waals surface area contributed by atoms with Crippen LogP contribution in [0.5, 0.6) is 0 Å². The van der Waals surface area contributed by atoms with E-state index in [0.717, 1.165) is 37.4 Å². The van der Waals surface area contributed by atoms with E-state index in [-0.39, 0.29) is 0 Å². The van der Waals surface area contributed by atoms with E-state index < -0.39 is 8.56 Å². The van der Waals surface area contributed by atoms with Gasteiger partial charge in [-0.15, -0.1) is 0 Å². The smallest absolute Gasteiger partial charge is 0.278 e. The van der Waals surface area contributed by atoms with E-state index in [2.05, 4.69) is 63.0 Å². The largest absolute Gasteiger partial charge is 0.313 e. The van der Waals surface area contributed by atoms with Crippen LogP contribution < -0.4 is 14.9 Å². The molecule has 0 spiro atoms. The van der Waals surface area contributed by atoms with Crippen molar-refractivity contribution in [1.82, 2.24) is 14.9 Å². The second kappa shape index (κ2) is 18.8. The molecule has 0 aliphatic rings. The van der Waals surface area contributed by atoms with Gasteiger partial charge in [-0.3, -0.25) is 0 Å². The highest BCUT2D eigenvalue weighted by atomic mass is 28.4. The molecule has 176 valence electrons. The van der Waals surface area contributed by atoms with Crippen LogP contribution in [0, 0.1) is 17.8 Å². The first-order valence-electron chi connectivity index (χ1n) is 13.2. The number of hydrogen-bond acceptors (Lipinski definition) is 3. The molecule has 0 aromatic heterocycles. The van der Waals surface area contributed by atoms with Gasteiger partial charge in [0.2, 0.25) is 0 Å². The van der Waals surface area contributed by atoms with Gasteiger partial charge in [0.1, 0.15) is 0 Å². The van der Waals surface area contributed by atoms with Crippen LogP contribution in [0.1, 0.15) is 119 Å². The van der Waals surface area contributed by atoms with Crippen LogP contribution in [-0.2, 0) is 0 Å². The summed E-state index contributed by atoms with van der Waals surface area (Å²) < 4.78 is 0. The van der Waals surface area contributed by atoms with E-state index in [9.17, 15) is 0 Å². The Hall–Kier alpha value is 0.0969. The third-order valence-corrected chi connectivity index (χ3v) is 9.60. The Morgan fingerprint density at radius 1 is 0.517 bits per heavy atom. The minimum atomic E-state index is -1.85. The lowest BCUT2D eigenvalue weighted by Gasteiger charge is -2.34. The lowest BCUT2D eigenvalue weighted by molar-refractivity contribution is 0.417. The molecule has 3 unspecified atom stereocenters. The Kier molecular flexibility index (Phi) is 18.9. The minimum Gasteiger partial charge on any atom is -0.313 e. The molecule has 0 heterocycles. The van der Waals surface area contributed by atoms with Crippen molar-refractivity contribution in [1.29, 1.82) is 0 Å². The van der Waals surface area contributed by atoms with Crippen molar-refractivity contribution in [2.75, 3.05) is 19.6 Å². The first-order chi connectivity index (χ1) is 14.0. The quantitative estimate of drug-likeness (QED) is 0.173. The van der Waals surface area contributed by atoms with Gasteiger partial charge in [0, 0.05) is 0 Å². The minimum absolute atomic E-state index is 0.814. The molecule has 0 aliphatic carbocycles. The average Bonchev–Trinajstić information content (AvgIpc) is 2.74. The summed E-state index contributed by atoms with van der Waals surface area (Å²) in [5, 5.41) is 0. The molecule has 0 bridgehead atoms. The lowest BCUT2D eigenvalue weighted by Crippen LogP contribution is -2.72. The molecule has 4 heteroatoms. The van der Waals surface area contributed by atoms with Crippen LogP contribution in [0.4, 0.5) is 0 Å². The summed E-state index contributed by atoms with van der Waals surface area (Å²) in [5.74, 6) is 2.44. The molecule has 3 nitrogen and oxygen atoms in total. The van der Waals surface area contributed by atoms with E-state index in [0.29, 0.717) is 0 Å². The summed E-state index contributed by atoms with van der Waals surface area (Å²) >= 11 is 0. The Morgan fingerprint density at radius 2 is 0.793 bits per heavy atom. The van der Waals surface area contributed by atoms with Gasteiger partial charge in [-0.2, -0.15) is 0 Å². The second-order valence-electron chi connectivity index (χ2n) is 9.52. The lowest BCUT2D eigenvalue weighted by atomic mass is 10.00. The molecule has 0 amide bonds. The van der Waals surface area contributed by atoms with Gasteiger partial charge < -0.3 is 14.9 Å². The standard InChI is InChI=1S/C25H57N3Si/c1-8-14-17-23(11-4)20-26-29(7,27-21-24(12-5)18-15-9-2)28-22-25(13-6)19-16-10-3/h23-28H,8-22H2,1-7H3. The van der Waals surface area contributed by atoms with Crippen LogP contribution in [0.15, 0.2) is 0 Å². The summed E-state index contributed by atoms with van der Waals surface area (Å²) in [7, 11) is -1.85. The predicted molar refractivity (Wildman–Crippen MR) is 136 cm³/mol. The van der Waals surface area contributed by atoms with Gasteiger partial charge in [0.25, 0.3) is 8.56 Å². The fourth-order valence-corrected chi connectivity index (χ4v) is 6.53.